The molecule has 0 bridgehead atoms. The number of aromatic nitrogens is 3. The highest BCUT2D eigenvalue weighted by Gasteiger charge is 2.14. The van der Waals surface area contributed by atoms with Crippen molar-refractivity contribution in [3.8, 4) is 6.01 Å². The van der Waals surface area contributed by atoms with Gasteiger partial charge in [-0.05, 0) is 18.6 Å². The molecule has 3 aromatic rings. The van der Waals surface area contributed by atoms with Crippen molar-refractivity contribution in [3.63, 3.8) is 0 Å². The van der Waals surface area contributed by atoms with Crippen LogP contribution in [0.5, 0.6) is 6.01 Å². The predicted molar refractivity (Wildman–Crippen MR) is 101 cm³/mol. The number of H-pyrrole nitrogens is 1. The molecule has 1 aromatic carbocycles. The number of aliphatic imine (C=N–C) groups is 1. The lowest BCUT2D eigenvalue weighted by molar-refractivity contribution is 0.308. The second kappa shape index (κ2) is 8.31. The number of aromatic amines is 1. The Labute approximate surface area is 154 Å². The summed E-state index contributed by atoms with van der Waals surface area (Å²) in [4.78, 5) is 27.0. The molecule has 7 nitrogen and oxygen atoms in total. The summed E-state index contributed by atoms with van der Waals surface area (Å²) < 4.78 is 19.5. The number of rotatable bonds is 7. The zero-order valence-corrected chi connectivity index (χ0v) is 14.6. The van der Waals surface area contributed by atoms with Gasteiger partial charge >= 0.3 is 0 Å². The Balaban J connectivity index is 1.81. The van der Waals surface area contributed by atoms with Crippen molar-refractivity contribution in [1.82, 2.24) is 15.0 Å². The molecule has 2 N–H and O–H groups in total. The average Bonchev–Trinajstić information content (AvgIpc) is 2.68. The summed E-state index contributed by atoms with van der Waals surface area (Å²) in [5.74, 6) is -0.332. The summed E-state index contributed by atoms with van der Waals surface area (Å²) in [6.07, 6.45) is 5.10. The minimum absolute atomic E-state index is 0.0422. The van der Waals surface area contributed by atoms with Gasteiger partial charge in [-0.3, -0.25) is 19.8 Å². The molecule has 0 saturated heterocycles. The van der Waals surface area contributed by atoms with E-state index in [0.717, 1.165) is 6.21 Å². The van der Waals surface area contributed by atoms with Gasteiger partial charge in [0.25, 0.3) is 11.6 Å². The topological polar surface area (TPSA) is 104 Å². The van der Waals surface area contributed by atoms with E-state index in [9.17, 15) is 9.18 Å². The third-order valence-corrected chi connectivity index (χ3v) is 3.96. The summed E-state index contributed by atoms with van der Waals surface area (Å²) in [6, 6.07) is 7.55. The molecule has 0 aliphatic heterocycles. The second-order valence-corrected chi connectivity index (χ2v) is 5.76. The summed E-state index contributed by atoms with van der Waals surface area (Å²) in [5, 5.41) is 7.92. The number of halogens is 1. The molecule has 138 valence electrons. The normalized spacial score (nSPS) is 13.6. The predicted octanol–water partition coefficient (Wildman–Crippen LogP) is 3.08. The molecule has 2 aromatic heterocycles. The Morgan fingerprint density at radius 3 is 2.93 bits per heavy atom. The average molecular weight is 367 g/mol. The second-order valence-electron chi connectivity index (χ2n) is 5.76. The first kappa shape index (κ1) is 18.4. The lowest BCUT2D eigenvalue weighted by Crippen LogP contribution is -2.23. The molecule has 0 amide bonds. The van der Waals surface area contributed by atoms with E-state index in [1.807, 2.05) is 6.92 Å². The molecule has 0 saturated carbocycles. The Kier molecular flexibility index (Phi) is 5.65. The molecule has 8 heteroatoms. The third-order valence-electron chi connectivity index (χ3n) is 3.96. The van der Waals surface area contributed by atoms with Crippen LogP contribution in [0.2, 0.25) is 0 Å². The SMILES string of the molecule is CCC(N=CC(C=N)Oc1nc2cnccc2c(=O)[nH]1)c1ccccc1F. The lowest BCUT2D eigenvalue weighted by Gasteiger charge is -2.13. The van der Waals surface area contributed by atoms with Gasteiger partial charge in [-0.2, -0.15) is 4.98 Å². The maximum Gasteiger partial charge on any atom is 0.298 e. The highest BCUT2D eigenvalue weighted by molar-refractivity contribution is 5.85. The van der Waals surface area contributed by atoms with Gasteiger partial charge in [0.2, 0.25) is 0 Å². The largest absolute Gasteiger partial charge is 0.450 e. The highest BCUT2D eigenvalue weighted by atomic mass is 19.1. The Morgan fingerprint density at radius 1 is 1.37 bits per heavy atom. The maximum absolute atomic E-state index is 14.0. The number of hydrogen-bond acceptors (Lipinski definition) is 6. The van der Waals surface area contributed by atoms with Crippen LogP contribution < -0.4 is 10.3 Å². The van der Waals surface area contributed by atoms with Gasteiger partial charge in [0, 0.05) is 24.2 Å². The molecular weight excluding hydrogens is 349 g/mol. The van der Waals surface area contributed by atoms with Gasteiger partial charge in [-0.1, -0.05) is 25.1 Å². The van der Waals surface area contributed by atoms with Crippen LogP contribution in [0.25, 0.3) is 10.9 Å². The van der Waals surface area contributed by atoms with Gasteiger partial charge < -0.3 is 10.1 Å². The zero-order chi connectivity index (χ0) is 19.2. The molecule has 0 radical (unpaired) electrons. The van der Waals surface area contributed by atoms with Crippen LogP contribution in [0.1, 0.15) is 24.9 Å². The highest BCUT2D eigenvalue weighted by Crippen LogP contribution is 2.23. The van der Waals surface area contributed by atoms with E-state index in [0.29, 0.717) is 22.9 Å². The van der Waals surface area contributed by atoms with Gasteiger partial charge in [0.05, 0.1) is 23.1 Å². The van der Waals surface area contributed by atoms with Crippen molar-refractivity contribution in [2.75, 3.05) is 0 Å². The number of nitrogens with zero attached hydrogens (tertiary/aromatic N) is 3. The number of ether oxygens (including phenoxy) is 1. The van der Waals surface area contributed by atoms with Crippen molar-refractivity contribution >= 4 is 23.3 Å². The standard InChI is InChI=1S/C19H18FN5O2/c1-2-16(13-5-3-4-6-15(13)20)23-10-12(9-21)27-19-24-17-11-22-8-7-14(17)18(26)25-19/h3-12,16,21H,2H2,1H3,(H,24,25,26). The Bertz CT molecular complexity index is 1030. The van der Waals surface area contributed by atoms with E-state index in [2.05, 4.69) is 19.9 Å². The van der Waals surface area contributed by atoms with E-state index in [4.69, 9.17) is 10.1 Å². The van der Waals surface area contributed by atoms with E-state index < -0.39 is 12.1 Å². The zero-order valence-electron chi connectivity index (χ0n) is 14.6. The van der Waals surface area contributed by atoms with E-state index in [1.165, 1.54) is 24.7 Å². The lowest BCUT2D eigenvalue weighted by atomic mass is 10.0. The first-order chi connectivity index (χ1) is 13.1. The molecular formula is C19H18FN5O2. The van der Waals surface area contributed by atoms with Crippen LogP contribution in [-0.4, -0.2) is 33.5 Å². The molecule has 3 rings (SSSR count). The number of pyridine rings is 1. The van der Waals surface area contributed by atoms with Crippen LogP contribution in [0.3, 0.4) is 0 Å². The van der Waals surface area contributed by atoms with E-state index >= 15 is 0 Å². The Morgan fingerprint density at radius 2 is 2.19 bits per heavy atom. The van der Waals surface area contributed by atoms with Gasteiger partial charge in [-0.15, -0.1) is 0 Å². The van der Waals surface area contributed by atoms with Gasteiger partial charge in [0.1, 0.15) is 5.82 Å². The fourth-order valence-corrected chi connectivity index (χ4v) is 2.60. The van der Waals surface area contributed by atoms with E-state index in [-0.39, 0.29) is 17.4 Å². The molecule has 2 heterocycles. The maximum atomic E-state index is 14.0. The van der Waals surface area contributed by atoms with Crippen LogP contribution in [0.4, 0.5) is 4.39 Å². The summed E-state index contributed by atoms with van der Waals surface area (Å²) in [6.45, 7) is 1.89. The smallest absolute Gasteiger partial charge is 0.298 e. The number of fused-ring (bicyclic) bond motifs is 1. The monoisotopic (exact) mass is 367 g/mol. The van der Waals surface area contributed by atoms with Crippen molar-refractivity contribution in [2.24, 2.45) is 4.99 Å². The number of benzene rings is 1. The van der Waals surface area contributed by atoms with Crippen molar-refractivity contribution < 1.29 is 9.13 Å². The summed E-state index contributed by atoms with van der Waals surface area (Å²) >= 11 is 0. The van der Waals surface area contributed by atoms with E-state index in [1.54, 1.807) is 24.3 Å². The molecule has 2 atom stereocenters. The molecule has 0 aliphatic carbocycles. The third kappa shape index (κ3) is 4.22. The van der Waals surface area contributed by atoms with Crippen molar-refractivity contribution in [2.45, 2.75) is 25.5 Å². The number of nitrogens with one attached hydrogen (secondary N) is 2. The molecule has 0 fully saturated rings. The summed E-state index contributed by atoms with van der Waals surface area (Å²) in [5.41, 5.74) is 0.494. The van der Waals surface area contributed by atoms with Crippen LogP contribution in [-0.2, 0) is 0 Å². The first-order valence-electron chi connectivity index (χ1n) is 8.41. The minimum Gasteiger partial charge on any atom is -0.450 e. The fourth-order valence-electron chi connectivity index (χ4n) is 2.60. The van der Waals surface area contributed by atoms with Gasteiger partial charge in [0.15, 0.2) is 6.10 Å². The van der Waals surface area contributed by atoms with Crippen molar-refractivity contribution in [3.05, 3.63) is 64.5 Å². The number of hydrogen-bond donors (Lipinski definition) is 2. The van der Waals surface area contributed by atoms with Gasteiger partial charge in [-0.25, -0.2) is 4.39 Å². The fraction of sp³-hybridized carbons (Fsp3) is 0.211. The molecule has 0 aliphatic rings. The van der Waals surface area contributed by atoms with Crippen LogP contribution in [0, 0.1) is 11.2 Å². The molecule has 27 heavy (non-hydrogen) atoms. The van der Waals surface area contributed by atoms with Crippen LogP contribution in [0.15, 0.2) is 52.5 Å². The summed E-state index contributed by atoms with van der Waals surface area (Å²) in [7, 11) is 0. The molecule has 0 spiro atoms. The molecule has 2 unspecified atom stereocenters. The quantitative estimate of drug-likeness (QED) is 0.626. The minimum atomic E-state index is -0.858. The first-order valence-corrected chi connectivity index (χ1v) is 8.41. The van der Waals surface area contributed by atoms with Crippen LogP contribution >= 0.6 is 0 Å². The van der Waals surface area contributed by atoms with Crippen molar-refractivity contribution in [1.29, 1.82) is 5.41 Å². The Hall–Kier alpha value is -3.42.